The summed E-state index contributed by atoms with van der Waals surface area (Å²) in [5, 5.41) is 2.88. The topological polar surface area (TPSA) is 77.2 Å². The number of hydrogen-bond acceptors (Lipinski definition) is 4. The molecule has 0 saturated heterocycles. The number of benzene rings is 2. The van der Waals surface area contributed by atoms with Crippen LogP contribution in [0.5, 0.6) is 0 Å². The van der Waals surface area contributed by atoms with Gasteiger partial charge in [-0.05, 0) is 28.3 Å². The monoisotopic (exact) mass is 403 g/mol. The molecule has 1 aliphatic carbocycles. The molecule has 1 aliphatic rings. The average molecular weight is 404 g/mol. The predicted octanol–water partition coefficient (Wildman–Crippen LogP) is 4.21. The number of pyridine rings is 1. The number of anilines is 1. The number of amides is 1. The lowest BCUT2D eigenvalue weighted by Crippen LogP contribution is -2.26. The summed E-state index contributed by atoms with van der Waals surface area (Å²) in [6.07, 6.45) is 1.02. The molecule has 0 atom stereocenters. The molecule has 0 bridgehead atoms. The Labute approximate surface area is 173 Å². The van der Waals surface area contributed by atoms with E-state index in [9.17, 15) is 4.79 Å². The highest BCUT2D eigenvalue weighted by atomic mass is 35.5. The lowest BCUT2D eigenvalue weighted by Gasteiger charge is -2.14. The summed E-state index contributed by atoms with van der Waals surface area (Å²) >= 11 is 5.78. The van der Waals surface area contributed by atoms with E-state index in [1.165, 1.54) is 28.5 Å². The SMILES string of the molecule is Nc1cc(C#CCNC(=O)OCC2c3ccccc3-c3ccccc32)cnc1Cl. The number of nitrogens with one attached hydrogen (secondary N) is 1. The van der Waals surface area contributed by atoms with E-state index in [2.05, 4.69) is 46.4 Å². The molecule has 3 aromatic rings. The minimum Gasteiger partial charge on any atom is -0.449 e. The van der Waals surface area contributed by atoms with E-state index in [0.717, 1.165) is 0 Å². The summed E-state index contributed by atoms with van der Waals surface area (Å²) in [6, 6.07) is 18.1. The number of nitrogen functional groups attached to an aromatic ring is 1. The van der Waals surface area contributed by atoms with Crippen LogP contribution in [0.2, 0.25) is 5.15 Å². The van der Waals surface area contributed by atoms with Gasteiger partial charge in [0.05, 0.1) is 12.2 Å². The van der Waals surface area contributed by atoms with Gasteiger partial charge in [0.1, 0.15) is 6.61 Å². The van der Waals surface area contributed by atoms with Gasteiger partial charge in [0.15, 0.2) is 5.15 Å². The number of halogens is 1. The fourth-order valence-electron chi connectivity index (χ4n) is 3.45. The molecule has 5 nitrogen and oxygen atoms in total. The smallest absolute Gasteiger partial charge is 0.407 e. The summed E-state index contributed by atoms with van der Waals surface area (Å²) in [7, 11) is 0. The normalized spacial score (nSPS) is 11.8. The molecular formula is C23H18ClN3O2. The Hall–Kier alpha value is -3.49. The molecule has 4 rings (SSSR count). The molecule has 0 fully saturated rings. The van der Waals surface area contributed by atoms with Crippen molar-refractivity contribution in [2.45, 2.75) is 5.92 Å². The molecule has 0 saturated carbocycles. The van der Waals surface area contributed by atoms with Gasteiger partial charge in [-0.2, -0.15) is 0 Å². The predicted molar refractivity (Wildman–Crippen MR) is 114 cm³/mol. The highest BCUT2D eigenvalue weighted by Gasteiger charge is 2.28. The second-order valence-electron chi connectivity index (χ2n) is 6.58. The molecule has 2 aromatic carbocycles. The summed E-state index contributed by atoms with van der Waals surface area (Å²) in [5.41, 5.74) is 11.4. The van der Waals surface area contributed by atoms with Crippen molar-refractivity contribution in [1.29, 1.82) is 0 Å². The minimum absolute atomic E-state index is 0.0300. The van der Waals surface area contributed by atoms with Crippen molar-refractivity contribution in [3.63, 3.8) is 0 Å². The number of alkyl carbamates (subject to hydrolysis) is 1. The third kappa shape index (κ3) is 4.03. The molecule has 1 heterocycles. The standard InChI is InChI=1S/C23H18ClN3O2/c24-22-21(25)12-15(13-27-22)6-5-11-26-23(28)29-14-20-18-9-3-1-7-16(18)17-8-2-4-10-19(17)20/h1-4,7-10,12-13,20H,11,14,25H2,(H,26,28). The van der Waals surface area contributed by atoms with Gasteiger partial charge in [-0.25, -0.2) is 9.78 Å². The number of carbonyl (C=O) groups is 1. The third-order valence-corrected chi connectivity index (χ3v) is 5.08. The van der Waals surface area contributed by atoms with Crippen LogP contribution in [0.25, 0.3) is 11.1 Å². The Morgan fingerprint density at radius 1 is 1.14 bits per heavy atom. The molecule has 0 aliphatic heterocycles. The second-order valence-corrected chi connectivity index (χ2v) is 6.94. The highest BCUT2D eigenvalue weighted by molar-refractivity contribution is 6.31. The first-order chi connectivity index (χ1) is 14.1. The summed E-state index contributed by atoms with van der Waals surface area (Å²) < 4.78 is 5.46. The van der Waals surface area contributed by atoms with Crippen LogP contribution in [0.1, 0.15) is 22.6 Å². The summed E-state index contributed by atoms with van der Waals surface area (Å²) in [6.45, 7) is 0.421. The maximum Gasteiger partial charge on any atom is 0.407 e. The Kier molecular flexibility index (Phi) is 5.37. The zero-order chi connectivity index (χ0) is 20.2. The second kappa shape index (κ2) is 8.26. The van der Waals surface area contributed by atoms with Gasteiger partial charge < -0.3 is 15.8 Å². The lowest BCUT2D eigenvalue weighted by molar-refractivity contribution is 0.144. The molecule has 29 heavy (non-hydrogen) atoms. The molecule has 0 unspecified atom stereocenters. The molecule has 1 amide bonds. The van der Waals surface area contributed by atoms with Crippen LogP contribution in [0.4, 0.5) is 10.5 Å². The largest absolute Gasteiger partial charge is 0.449 e. The molecule has 144 valence electrons. The van der Waals surface area contributed by atoms with Gasteiger partial charge in [-0.1, -0.05) is 72.0 Å². The van der Waals surface area contributed by atoms with Crippen LogP contribution in [0.3, 0.4) is 0 Å². The number of nitrogens with zero attached hydrogens (tertiary/aromatic N) is 1. The first-order valence-electron chi connectivity index (χ1n) is 9.12. The van der Waals surface area contributed by atoms with E-state index in [4.69, 9.17) is 22.1 Å². The van der Waals surface area contributed by atoms with Crippen LogP contribution in [0, 0.1) is 11.8 Å². The van der Waals surface area contributed by atoms with Crippen molar-refractivity contribution < 1.29 is 9.53 Å². The number of aromatic nitrogens is 1. The Bertz CT molecular complexity index is 1090. The average Bonchev–Trinajstić information content (AvgIpc) is 3.06. The van der Waals surface area contributed by atoms with Crippen molar-refractivity contribution in [2.24, 2.45) is 0 Å². The van der Waals surface area contributed by atoms with Gasteiger partial charge >= 0.3 is 6.09 Å². The Morgan fingerprint density at radius 2 is 1.79 bits per heavy atom. The zero-order valence-corrected chi connectivity index (χ0v) is 16.2. The third-order valence-electron chi connectivity index (χ3n) is 4.76. The first-order valence-corrected chi connectivity index (χ1v) is 9.50. The quantitative estimate of drug-likeness (QED) is 0.507. The lowest BCUT2D eigenvalue weighted by atomic mass is 9.98. The Balaban J connectivity index is 1.35. The van der Waals surface area contributed by atoms with E-state index in [0.29, 0.717) is 11.3 Å². The van der Waals surface area contributed by atoms with Gasteiger partial charge in [-0.15, -0.1) is 0 Å². The van der Waals surface area contributed by atoms with Gasteiger partial charge in [0.25, 0.3) is 0 Å². The maximum absolute atomic E-state index is 12.1. The maximum atomic E-state index is 12.1. The van der Waals surface area contributed by atoms with E-state index in [1.54, 1.807) is 6.07 Å². The van der Waals surface area contributed by atoms with E-state index < -0.39 is 6.09 Å². The van der Waals surface area contributed by atoms with E-state index in [1.807, 2.05) is 24.3 Å². The van der Waals surface area contributed by atoms with Crippen LogP contribution in [0.15, 0.2) is 60.8 Å². The first kappa shape index (κ1) is 18.9. The van der Waals surface area contributed by atoms with Crippen LogP contribution in [-0.2, 0) is 4.74 Å². The van der Waals surface area contributed by atoms with E-state index >= 15 is 0 Å². The fourth-order valence-corrected chi connectivity index (χ4v) is 3.55. The number of hydrogen-bond donors (Lipinski definition) is 2. The summed E-state index contributed by atoms with van der Waals surface area (Å²) in [5.74, 6) is 5.74. The number of fused-ring (bicyclic) bond motifs is 3. The van der Waals surface area contributed by atoms with Crippen molar-refractivity contribution in [3.8, 4) is 23.0 Å². The Morgan fingerprint density at radius 3 is 2.45 bits per heavy atom. The number of nitrogens with two attached hydrogens (primary N) is 1. The molecule has 0 spiro atoms. The van der Waals surface area contributed by atoms with E-state index in [-0.39, 0.29) is 24.2 Å². The van der Waals surface area contributed by atoms with Crippen molar-refractivity contribution >= 4 is 23.4 Å². The zero-order valence-electron chi connectivity index (χ0n) is 15.5. The molecule has 3 N–H and O–H groups in total. The molecular weight excluding hydrogens is 386 g/mol. The van der Waals surface area contributed by atoms with Crippen LogP contribution in [-0.4, -0.2) is 24.2 Å². The van der Waals surface area contributed by atoms with Crippen LogP contribution < -0.4 is 11.1 Å². The summed E-state index contributed by atoms with van der Waals surface area (Å²) in [4.78, 5) is 16.0. The van der Waals surface area contributed by atoms with Gasteiger partial charge in [0.2, 0.25) is 0 Å². The van der Waals surface area contributed by atoms with Crippen molar-refractivity contribution in [3.05, 3.63) is 82.6 Å². The number of carbonyl (C=O) groups excluding carboxylic acids is 1. The van der Waals surface area contributed by atoms with Crippen molar-refractivity contribution in [2.75, 3.05) is 18.9 Å². The number of rotatable bonds is 3. The van der Waals surface area contributed by atoms with Crippen LogP contribution >= 0.6 is 11.6 Å². The number of ether oxygens (including phenoxy) is 1. The molecule has 6 heteroatoms. The molecule has 0 radical (unpaired) electrons. The van der Waals surface area contributed by atoms with Crippen molar-refractivity contribution in [1.82, 2.24) is 10.3 Å². The minimum atomic E-state index is -0.505. The van der Waals surface area contributed by atoms with Gasteiger partial charge in [0, 0.05) is 17.7 Å². The fraction of sp³-hybridized carbons (Fsp3) is 0.130. The highest BCUT2D eigenvalue weighted by Crippen LogP contribution is 2.44. The van der Waals surface area contributed by atoms with Gasteiger partial charge in [-0.3, -0.25) is 0 Å². The molecule has 1 aromatic heterocycles.